The van der Waals surface area contributed by atoms with Crippen molar-refractivity contribution in [3.8, 4) is 0 Å². The van der Waals surface area contributed by atoms with Crippen molar-refractivity contribution in [1.82, 2.24) is 14.5 Å². The molecule has 1 aliphatic carbocycles. The number of imidazole rings is 1. The first-order chi connectivity index (χ1) is 9.22. The van der Waals surface area contributed by atoms with E-state index < -0.39 is 0 Å². The third kappa shape index (κ3) is 2.14. The first-order valence-electron chi connectivity index (χ1n) is 7.09. The summed E-state index contributed by atoms with van der Waals surface area (Å²) in [6.45, 7) is 4.72. The quantitative estimate of drug-likeness (QED) is 0.772. The Labute approximate surface area is 119 Å². The zero-order chi connectivity index (χ0) is 13.4. The second-order valence-electron chi connectivity index (χ2n) is 5.73. The lowest BCUT2D eigenvalue weighted by Crippen LogP contribution is -2.27. The standard InChI is InChI=1S/C15H20ClN3/c1-10-4-3-5-13(11(10)2)19-14-6-7-17-9-12(14)18-15(19)8-16/h6-7,9-11,13H,3-5,8H2,1-2H3. The molecule has 3 nitrogen and oxygen atoms in total. The lowest BCUT2D eigenvalue weighted by molar-refractivity contribution is 0.187. The number of hydrogen-bond donors (Lipinski definition) is 0. The summed E-state index contributed by atoms with van der Waals surface area (Å²) < 4.78 is 2.37. The Bertz CT molecular complexity index is 578. The van der Waals surface area contributed by atoms with Crippen molar-refractivity contribution in [3.05, 3.63) is 24.3 Å². The van der Waals surface area contributed by atoms with Gasteiger partial charge in [-0.2, -0.15) is 0 Å². The summed E-state index contributed by atoms with van der Waals surface area (Å²) in [6.07, 6.45) is 7.53. The lowest BCUT2D eigenvalue weighted by atomic mass is 9.78. The maximum Gasteiger partial charge on any atom is 0.125 e. The Kier molecular flexibility index (Phi) is 3.48. The van der Waals surface area contributed by atoms with Crippen LogP contribution in [0.1, 0.15) is 45.0 Å². The number of fused-ring (bicyclic) bond motifs is 1. The van der Waals surface area contributed by atoms with E-state index in [0.29, 0.717) is 17.8 Å². The van der Waals surface area contributed by atoms with Crippen LogP contribution in [0.15, 0.2) is 18.5 Å². The second-order valence-corrected chi connectivity index (χ2v) is 6.00. The summed E-state index contributed by atoms with van der Waals surface area (Å²) in [5.74, 6) is 2.88. The molecule has 2 heterocycles. The normalized spacial score (nSPS) is 27.8. The fraction of sp³-hybridized carbons (Fsp3) is 0.600. The molecule has 0 saturated heterocycles. The highest BCUT2D eigenvalue weighted by molar-refractivity contribution is 6.16. The molecule has 2 aromatic rings. The SMILES string of the molecule is CC1CCCC(n2c(CCl)nc3cnccc32)C1C. The molecule has 0 spiro atoms. The van der Waals surface area contributed by atoms with Crippen molar-refractivity contribution in [1.29, 1.82) is 0 Å². The summed E-state index contributed by atoms with van der Waals surface area (Å²) >= 11 is 6.10. The van der Waals surface area contributed by atoms with E-state index in [2.05, 4.69) is 34.4 Å². The van der Waals surface area contributed by atoms with Gasteiger partial charge in [0.05, 0.1) is 17.6 Å². The lowest BCUT2D eigenvalue weighted by Gasteiger charge is -2.36. The number of aromatic nitrogens is 3. The maximum absolute atomic E-state index is 6.10. The Balaban J connectivity index is 2.12. The maximum atomic E-state index is 6.10. The van der Waals surface area contributed by atoms with Crippen molar-refractivity contribution < 1.29 is 0 Å². The fourth-order valence-electron chi connectivity index (χ4n) is 3.38. The zero-order valence-electron chi connectivity index (χ0n) is 11.5. The number of halogens is 1. The molecule has 3 atom stereocenters. The highest BCUT2D eigenvalue weighted by Gasteiger charge is 2.30. The molecule has 3 rings (SSSR count). The monoisotopic (exact) mass is 277 g/mol. The Morgan fingerprint density at radius 1 is 1.37 bits per heavy atom. The van der Waals surface area contributed by atoms with Crippen LogP contribution in [0.2, 0.25) is 0 Å². The molecule has 0 amide bonds. The van der Waals surface area contributed by atoms with Crippen LogP contribution in [-0.4, -0.2) is 14.5 Å². The van der Waals surface area contributed by atoms with E-state index in [0.717, 1.165) is 17.3 Å². The molecule has 2 aromatic heterocycles. The van der Waals surface area contributed by atoms with Crippen molar-refractivity contribution in [2.24, 2.45) is 11.8 Å². The van der Waals surface area contributed by atoms with E-state index in [1.165, 1.54) is 24.8 Å². The molecule has 0 aliphatic heterocycles. The summed E-state index contributed by atoms with van der Waals surface area (Å²) in [5, 5.41) is 0. The molecule has 0 N–H and O–H groups in total. The average molecular weight is 278 g/mol. The van der Waals surface area contributed by atoms with Gasteiger partial charge in [-0.05, 0) is 24.3 Å². The highest BCUT2D eigenvalue weighted by Crippen LogP contribution is 2.40. The first-order valence-corrected chi connectivity index (χ1v) is 7.62. The molecule has 1 aliphatic rings. The van der Waals surface area contributed by atoms with Gasteiger partial charge in [0.25, 0.3) is 0 Å². The Hall–Kier alpha value is -1.09. The molecule has 3 unspecified atom stereocenters. The number of alkyl halides is 1. The molecule has 4 heteroatoms. The van der Waals surface area contributed by atoms with Crippen molar-refractivity contribution in [3.63, 3.8) is 0 Å². The molecule has 1 fully saturated rings. The van der Waals surface area contributed by atoms with Crippen LogP contribution >= 0.6 is 11.6 Å². The van der Waals surface area contributed by atoms with E-state index in [1.807, 2.05) is 12.4 Å². The number of nitrogens with zero attached hydrogens (tertiary/aromatic N) is 3. The molecule has 102 valence electrons. The van der Waals surface area contributed by atoms with E-state index in [9.17, 15) is 0 Å². The summed E-state index contributed by atoms with van der Waals surface area (Å²) in [4.78, 5) is 8.80. The predicted molar refractivity (Wildman–Crippen MR) is 78.3 cm³/mol. The number of pyridine rings is 1. The van der Waals surface area contributed by atoms with Gasteiger partial charge in [0.15, 0.2) is 0 Å². The van der Waals surface area contributed by atoms with E-state index in [4.69, 9.17) is 11.6 Å². The van der Waals surface area contributed by atoms with Gasteiger partial charge in [-0.15, -0.1) is 11.6 Å². The van der Waals surface area contributed by atoms with Crippen LogP contribution in [0, 0.1) is 11.8 Å². The Morgan fingerprint density at radius 2 is 2.21 bits per heavy atom. The van der Waals surface area contributed by atoms with Crippen LogP contribution in [-0.2, 0) is 5.88 Å². The van der Waals surface area contributed by atoms with Crippen LogP contribution in [0.3, 0.4) is 0 Å². The topological polar surface area (TPSA) is 30.7 Å². The molecule has 0 radical (unpaired) electrons. The van der Waals surface area contributed by atoms with Crippen LogP contribution < -0.4 is 0 Å². The van der Waals surface area contributed by atoms with Gasteiger partial charge in [-0.1, -0.05) is 26.7 Å². The third-order valence-corrected chi connectivity index (χ3v) is 4.92. The number of hydrogen-bond acceptors (Lipinski definition) is 2. The van der Waals surface area contributed by atoms with Crippen molar-refractivity contribution >= 4 is 22.6 Å². The molecule has 19 heavy (non-hydrogen) atoms. The molecule has 0 bridgehead atoms. The molecular weight excluding hydrogens is 258 g/mol. The summed E-state index contributed by atoms with van der Waals surface area (Å²) in [5.41, 5.74) is 2.14. The van der Waals surface area contributed by atoms with Gasteiger partial charge in [0.2, 0.25) is 0 Å². The minimum absolute atomic E-state index is 0.465. The minimum Gasteiger partial charge on any atom is -0.323 e. The minimum atomic E-state index is 0.465. The molecular formula is C15H20ClN3. The molecule has 0 aromatic carbocycles. The van der Waals surface area contributed by atoms with Crippen molar-refractivity contribution in [2.75, 3.05) is 0 Å². The summed E-state index contributed by atoms with van der Waals surface area (Å²) in [7, 11) is 0. The molecule has 1 saturated carbocycles. The smallest absolute Gasteiger partial charge is 0.125 e. The van der Waals surface area contributed by atoms with Crippen LogP contribution in [0.5, 0.6) is 0 Å². The second kappa shape index (κ2) is 5.12. The van der Waals surface area contributed by atoms with Crippen molar-refractivity contribution in [2.45, 2.75) is 45.0 Å². The van der Waals surface area contributed by atoms with Gasteiger partial charge < -0.3 is 4.57 Å². The van der Waals surface area contributed by atoms with Crippen LogP contribution in [0.4, 0.5) is 0 Å². The van der Waals surface area contributed by atoms with Gasteiger partial charge in [-0.3, -0.25) is 4.98 Å². The average Bonchev–Trinajstić information content (AvgIpc) is 2.80. The fourth-order valence-corrected chi connectivity index (χ4v) is 3.57. The van der Waals surface area contributed by atoms with E-state index >= 15 is 0 Å². The van der Waals surface area contributed by atoms with Gasteiger partial charge in [0.1, 0.15) is 11.3 Å². The van der Waals surface area contributed by atoms with Gasteiger partial charge in [0, 0.05) is 12.2 Å². The number of rotatable bonds is 2. The van der Waals surface area contributed by atoms with Gasteiger partial charge in [-0.25, -0.2) is 4.98 Å². The van der Waals surface area contributed by atoms with Crippen LogP contribution in [0.25, 0.3) is 11.0 Å². The largest absolute Gasteiger partial charge is 0.323 e. The predicted octanol–water partition coefficient (Wildman–Crippen LogP) is 4.17. The van der Waals surface area contributed by atoms with E-state index in [1.54, 1.807) is 0 Å². The third-order valence-electron chi connectivity index (χ3n) is 4.68. The Morgan fingerprint density at radius 3 is 3.00 bits per heavy atom. The zero-order valence-corrected chi connectivity index (χ0v) is 12.3. The summed E-state index contributed by atoms with van der Waals surface area (Å²) in [6, 6.07) is 2.58. The highest BCUT2D eigenvalue weighted by atomic mass is 35.5. The first kappa shape index (κ1) is 12.9. The van der Waals surface area contributed by atoms with Gasteiger partial charge >= 0.3 is 0 Å². The van der Waals surface area contributed by atoms with E-state index in [-0.39, 0.29) is 0 Å².